The molecule has 0 aliphatic heterocycles. The first kappa shape index (κ1) is 15.5. The molecule has 0 fully saturated rings. The Hall–Kier alpha value is -3.36. The van der Waals surface area contributed by atoms with E-state index in [4.69, 9.17) is 4.42 Å². The van der Waals surface area contributed by atoms with Crippen molar-refractivity contribution in [2.75, 3.05) is 12.4 Å². The van der Waals surface area contributed by atoms with E-state index in [9.17, 15) is 9.59 Å². The van der Waals surface area contributed by atoms with Crippen LogP contribution in [0.3, 0.4) is 0 Å². The number of aryl methyl sites for hydroxylation is 1. The zero-order chi connectivity index (χ0) is 17.1. The minimum Gasteiger partial charge on any atom is -0.463 e. The van der Waals surface area contributed by atoms with E-state index < -0.39 is 5.91 Å². The molecule has 0 radical (unpaired) electrons. The molecular weight excluding hydrogens is 312 g/mol. The minimum atomic E-state index is -0.454. The van der Waals surface area contributed by atoms with Crippen LogP contribution in [0.4, 0.5) is 5.69 Å². The second-order valence-corrected chi connectivity index (χ2v) is 4.92. The monoisotopic (exact) mass is 328 g/mol. The van der Waals surface area contributed by atoms with Crippen molar-refractivity contribution in [2.24, 2.45) is 0 Å². The number of aromatic nitrogens is 4. The highest BCUT2D eigenvalue weighted by molar-refractivity contribution is 6.07. The summed E-state index contributed by atoms with van der Waals surface area (Å²) in [6, 6.07) is 5.06. The molecule has 2 amide bonds. The van der Waals surface area contributed by atoms with E-state index in [-0.39, 0.29) is 17.3 Å². The molecule has 3 aromatic heterocycles. The average Bonchev–Trinajstić information content (AvgIpc) is 3.32. The summed E-state index contributed by atoms with van der Waals surface area (Å²) in [5, 5.41) is 16.0. The van der Waals surface area contributed by atoms with Gasteiger partial charge in [-0.2, -0.15) is 10.2 Å². The quantitative estimate of drug-likeness (QED) is 0.656. The zero-order valence-corrected chi connectivity index (χ0v) is 13.2. The van der Waals surface area contributed by atoms with E-state index in [1.807, 2.05) is 6.92 Å². The second kappa shape index (κ2) is 6.41. The number of furan rings is 1. The molecule has 124 valence electrons. The molecule has 3 N–H and O–H groups in total. The van der Waals surface area contributed by atoms with Gasteiger partial charge in [0.25, 0.3) is 11.8 Å². The van der Waals surface area contributed by atoms with Crippen molar-refractivity contribution in [1.82, 2.24) is 25.3 Å². The summed E-state index contributed by atoms with van der Waals surface area (Å²) in [7, 11) is 1.50. The molecule has 3 aromatic rings. The Bertz CT molecular complexity index is 862. The third kappa shape index (κ3) is 2.91. The summed E-state index contributed by atoms with van der Waals surface area (Å²) in [5.41, 5.74) is 1.23. The molecular formula is C15H16N6O3. The Labute approximate surface area is 137 Å². The summed E-state index contributed by atoms with van der Waals surface area (Å²) in [6.45, 7) is 2.46. The van der Waals surface area contributed by atoms with Gasteiger partial charge in [0.2, 0.25) is 0 Å². The lowest BCUT2D eigenvalue weighted by molar-refractivity contribution is 0.0958. The van der Waals surface area contributed by atoms with Crippen LogP contribution in [0.1, 0.15) is 27.9 Å². The van der Waals surface area contributed by atoms with Crippen molar-refractivity contribution in [3.63, 3.8) is 0 Å². The van der Waals surface area contributed by atoms with Crippen molar-refractivity contribution in [2.45, 2.75) is 13.5 Å². The fourth-order valence-corrected chi connectivity index (χ4v) is 2.14. The van der Waals surface area contributed by atoms with E-state index in [1.54, 1.807) is 29.1 Å². The maximum atomic E-state index is 12.4. The van der Waals surface area contributed by atoms with Crippen LogP contribution in [-0.4, -0.2) is 38.8 Å². The number of carbonyl (C=O) groups excluding carboxylic acids is 2. The number of anilines is 1. The lowest BCUT2D eigenvalue weighted by Gasteiger charge is -2.02. The third-order valence-corrected chi connectivity index (χ3v) is 3.37. The largest absolute Gasteiger partial charge is 0.463 e. The topological polar surface area (TPSA) is 118 Å². The molecule has 0 aliphatic rings. The number of carbonyl (C=O) groups is 2. The first-order valence-electron chi connectivity index (χ1n) is 7.32. The average molecular weight is 328 g/mol. The maximum absolute atomic E-state index is 12.4. The van der Waals surface area contributed by atoms with Crippen molar-refractivity contribution in [1.29, 1.82) is 0 Å². The maximum Gasteiger partial charge on any atom is 0.276 e. The van der Waals surface area contributed by atoms with Crippen molar-refractivity contribution in [3.05, 3.63) is 42.0 Å². The van der Waals surface area contributed by atoms with Gasteiger partial charge in [-0.15, -0.1) is 0 Å². The number of aromatic amines is 1. The fourth-order valence-electron chi connectivity index (χ4n) is 2.14. The van der Waals surface area contributed by atoms with Gasteiger partial charge in [0, 0.05) is 25.9 Å². The highest BCUT2D eigenvalue weighted by Gasteiger charge is 2.19. The Morgan fingerprint density at radius 3 is 2.88 bits per heavy atom. The van der Waals surface area contributed by atoms with Crippen LogP contribution < -0.4 is 10.6 Å². The van der Waals surface area contributed by atoms with Crippen molar-refractivity contribution in [3.8, 4) is 11.5 Å². The van der Waals surface area contributed by atoms with Crippen molar-refractivity contribution < 1.29 is 14.0 Å². The van der Waals surface area contributed by atoms with Crippen LogP contribution >= 0.6 is 0 Å². The molecule has 0 saturated heterocycles. The summed E-state index contributed by atoms with van der Waals surface area (Å²) < 4.78 is 6.81. The Morgan fingerprint density at radius 2 is 2.21 bits per heavy atom. The number of hydrogen-bond donors (Lipinski definition) is 3. The Kier molecular flexibility index (Phi) is 4.15. The molecule has 0 aliphatic carbocycles. The van der Waals surface area contributed by atoms with Gasteiger partial charge in [-0.25, -0.2) is 0 Å². The first-order chi connectivity index (χ1) is 11.6. The number of H-pyrrole nitrogens is 1. The second-order valence-electron chi connectivity index (χ2n) is 4.92. The van der Waals surface area contributed by atoms with Crippen LogP contribution in [0.15, 0.2) is 35.1 Å². The standard InChI is InChI=1S/C15H16N6O3/c1-3-21-8-11(13(20-21)15(23)16-2)17-14(22)10-7-9(18-19-10)12-5-4-6-24-12/h4-8H,3H2,1-2H3,(H,16,23)(H,17,22)(H,18,19). The van der Waals surface area contributed by atoms with Gasteiger partial charge in [-0.05, 0) is 19.1 Å². The van der Waals surface area contributed by atoms with E-state index in [1.165, 1.54) is 13.3 Å². The molecule has 24 heavy (non-hydrogen) atoms. The summed E-state index contributed by atoms with van der Waals surface area (Å²) in [4.78, 5) is 24.2. The lowest BCUT2D eigenvalue weighted by atomic mass is 10.3. The van der Waals surface area contributed by atoms with Crippen LogP contribution in [0, 0.1) is 0 Å². The van der Waals surface area contributed by atoms with Crippen LogP contribution in [0.5, 0.6) is 0 Å². The molecule has 0 aromatic carbocycles. The number of nitrogens with one attached hydrogen (secondary N) is 3. The smallest absolute Gasteiger partial charge is 0.276 e. The normalized spacial score (nSPS) is 10.6. The zero-order valence-electron chi connectivity index (χ0n) is 13.2. The van der Waals surface area contributed by atoms with E-state index >= 15 is 0 Å². The van der Waals surface area contributed by atoms with Crippen molar-refractivity contribution >= 4 is 17.5 Å². The summed E-state index contributed by atoms with van der Waals surface area (Å²) in [5.74, 6) is -0.257. The molecule has 3 rings (SSSR count). The van der Waals surface area contributed by atoms with Crippen LogP contribution in [0.25, 0.3) is 11.5 Å². The predicted octanol–water partition coefficient (Wildman–Crippen LogP) is 1.50. The number of rotatable bonds is 5. The molecule has 0 saturated carbocycles. The van der Waals surface area contributed by atoms with Gasteiger partial charge < -0.3 is 15.1 Å². The third-order valence-electron chi connectivity index (χ3n) is 3.37. The molecule has 3 heterocycles. The molecule has 0 unspecified atom stereocenters. The summed E-state index contributed by atoms with van der Waals surface area (Å²) >= 11 is 0. The number of amides is 2. The van der Waals surface area contributed by atoms with Crippen LogP contribution in [0.2, 0.25) is 0 Å². The molecule has 0 atom stereocenters. The first-order valence-corrected chi connectivity index (χ1v) is 7.32. The fraction of sp³-hybridized carbons (Fsp3) is 0.200. The molecule has 0 bridgehead atoms. The number of hydrogen-bond acceptors (Lipinski definition) is 5. The predicted molar refractivity (Wildman–Crippen MR) is 85.5 cm³/mol. The highest BCUT2D eigenvalue weighted by atomic mass is 16.3. The highest BCUT2D eigenvalue weighted by Crippen LogP contribution is 2.19. The van der Waals surface area contributed by atoms with Crippen LogP contribution in [-0.2, 0) is 6.54 Å². The molecule has 0 spiro atoms. The Morgan fingerprint density at radius 1 is 1.38 bits per heavy atom. The minimum absolute atomic E-state index is 0.148. The Balaban J connectivity index is 1.82. The van der Waals surface area contributed by atoms with Gasteiger partial charge in [-0.3, -0.25) is 19.4 Å². The van der Waals surface area contributed by atoms with E-state index in [2.05, 4.69) is 25.9 Å². The van der Waals surface area contributed by atoms with Gasteiger partial charge >= 0.3 is 0 Å². The van der Waals surface area contributed by atoms with Gasteiger partial charge in [0.1, 0.15) is 5.69 Å². The van der Waals surface area contributed by atoms with Gasteiger partial charge in [0.05, 0.1) is 12.0 Å². The van der Waals surface area contributed by atoms with Gasteiger partial charge in [0.15, 0.2) is 17.1 Å². The van der Waals surface area contributed by atoms with E-state index in [0.717, 1.165) is 0 Å². The molecule has 9 nitrogen and oxygen atoms in total. The SMILES string of the molecule is CCn1cc(NC(=O)c2cc(-c3ccco3)[nH]n2)c(C(=O)NC)n1. The molecule has 9 heteroatoms. The van der Waals surface area contributed by atoms with Gasteiger partial charge in [-0.1, -0.05) is 0 Å². The summed E-state index contributed by atoms with van der Waals surface area (Å²) in [6.07, 6.45) is 3.13. The number of nitrogens with zero attached hydrogens (tertiary/aromatic N) is 3. The van der Waals surface area contributed by atoms with E-state index in [0.29, 0.717) is 23.7 Å². The lowest BCUT2D eigenvalue weighted by Crippen LogP contribution is -2.21.